The van der Waals surface area contributed by atoms with Crippen molar-refractivity contribution in [1.29, 1.82) is 0 Å². The fourth-order valence-electron chi connectivity index (χ4n) is 7.68. The predicted molar refractivity (Wildman–Crippen MR) is 288 cm³/mol. The lowest BCUT2D eigenvalue weighted by atomic mass is 10.0. The Balaban J connectivity index is 4.45. The molecule has 0 saturated carbocycles. The zero-order valence-electron chi connectivity index (χ0n) is 43.9. The minimum Gasteiger partial charge on any atom is -0.462 e. The quantitative estimate of drug-likeness (QED) is 0.0262. The van der Waals surface area contributed by atoms with Gasteiger partial charge in [0.15, 0.2) is 6.10 Å². The summed E-state index contributed by atoms with van der Waals surface area (Å²) in [5.74, 6) is -0.941. The maximum Gasteiger partial charge on any atom is 0.306 e. The number of ether oxygens (including phenoxy) is 3. The zero-order valence-corrected chi connectivity index (χ0v) is 43.9. The Kier molecular flexibility index (Phi) is 52.4. The average Bonchev–Trinajstić information content (AvgIpc) is 3.33. The first-order valence-electron chi connectivity index (χ1n) is 28.1. The van der Waals surface area contributed by atoms with E-state index in [1.807, 2.05) is 0 Å². The molecule has 1 unspecified atom stereocenters. The molecule has 0 aromatic heterocycles. The minimum atomic E-state index is -0.797. The van der Waals surface area contributed by atoms with Crippen LogP contribution in [0.2, 0.25) is 0 Å². The maximum absolute atomic E-state index is 12.8. The van der Waals surface area contributed by atoms with Crippen molar-refractivity contribution in [1.82, 2.24) is 0 Å². The highest BCUT2D eigenvalue weighted by Gasteiger charge is 2.19. The highest BCUT2D eigenvalue weighted by atomic mass is 16.6. The molecule has 0 aromatic carbocycles. The Morgan fingerprint density at radius 2 is 0.582 bits per heavy atom. The molecule has 0 fully saturated rings. The molecule has 0 bridgehead atoms. The van der Waals surface area contributed by atoms with Crippen molar-refractivity contribution in [3.63, 3.8) is 0 Å². The third kappa shape index (κ3) is 53.4. The summed E-state index contributed by atoms with van der Waals surface area (Å²) in [6, 6.07) is 0. The van der Waals surface area contributed by atoms with Crippen molar-refractivity contribution in [2.45, 2.75) is 271 Å². The van der Waals surface area contributed by atoms with E-state index >= 15 is 0 Å². The fraction of sp³-hybridized carbons (Fsp3) is 0.721. The molecular weight excluding hydrogens is 829 g/mol. The van der Waals surface area contributed by atoms with E-state index in [4.69, 9.17) is 14.2 Å². The van der Waals surface area contributed by atoms with Gasteiger partial charge in [0.05, 0.1) is 0 Å². The molecule has 0 spiro atoms. The first kappa shape index (κ1) is 63.6. The summed E-state index contributed by atoms with van der Waals surface area (Å²) in [7, 11) is 0. The van der Waals surface area contributed by atoms with E-state index in [-0.39, 0.29) is 31.1 Å². The molecule has 0 N–H and O–H groups in total. The van der Waals surface area contributed by atoms with Crippen LogP contribution in [0.3, 0.4) is 0 Å². The number of allylic oxidation sites excluding steroid dienone is 14. The monoisotopic (exact) mass is 933 g/mol. The van der Waals surface area contributed by atoms with Crippen LogP contribution in [-0.2, 0) is 28.6 Å². The molecule has 0 rings (SSSR count). The van der Waals surface area contributed by atoms with Crippen molar-refractivity contribution in [3.8, 4) is 0 Å². The van der Waals surface area contributed by atoms with Gasteiger partial charge in [0.1, 0.15) is 13.2 Å². The Hall–Kier alpha value is -3.41. The summed E-state index contributed by atoms with van der Waals surface area (Å²) in [4.78, 5) is 38.1. The maximum atomic E-state index is 12.8. The summed E-state index contributed by atoms with van der Waals surface area (Å²) >= 11 is 0. The Morgan fingerprint density at radius 1 is 0.313 bits per heavy atom. The number of hydrogen-bond acceptors (Lipinski definition) is 6. The highest BCUT2D eigenvalue weighted by Crippen LogP contribution is 2.15. The molecule has 0 heterocycles. The lowest BCUT2D eigenvalue weighted by molar-refractivity contribution is -0.167. The summed E-state index contributed by atoms with van der Waals surface area (Å²) in [6.07, 6.45) is 71.4. The molecule has 6 heteroatoms. The zero-order chi connectivity index (χ0) is 48.6. The third-order valence-electron chi connectivity index (χ3n) is 11.9. The van der Waals surface area contributed by atoms with Crippen LogP contribution in [-0.4, -0.2) is 37.2 Å². The van der Waals surface area contributed by atoms with Crippen LogP contribution < -0.4 is 0 Å². The van der Waals surface area contributed by atoms with Gasteiger partial charge in [-0.15, -0.1) is 0 Å². The molecule has 0 saturated heterocycles. The van der Waals surface area contributed by atoms with Gasteiger partial charge in [-0.25, -0.2) is 0 Å². The van der Waals surface area contributed by atoms with Gasteiger partial charge >= 0.3 is 17.9 Å². The van der Waals surface area contributed by atoms with Gasteiger partial charge in [0.25, 0.3) is 0 Å². The molecule has 0 radical (unpaired) electrons. The van der Waals surface area contributed by atoms with Crippen molar-refractivity contribution in [2.75, 3.05) is 13.2 Å². The second-order valence-electron chi connectivity index (χ2n) is 18.5. The Bertz CT molecular complexity index is 1300. The third-order valence-corrected chi connectivity index (χ3v) is 11.9. The van der Waals surface area contributed by atoms with Gasteiger partial charge in [-0.3, -0.25) is 14.4 Å². The van der Waals surface area contributed by atoms with E-state index in [1.54, 1.807) is 0 Å². The standard InChI is InChI=1S/C61H104O6/c1-4-7-10-13-16-19-22-25-27-29-30-31-32-33-35-36-39-42-45-48-51-54-60(63)66-57-58(56-65-59(62)53-50-47-44-41-38-24-21-18-15-12-9-6-3)67-61(64)55-52-49-46-43-40-37-34-28-26-23-20-17-14-11-8-5-2/h7,10,16,19,25,27-28,30-31,33-35,39,42,58H,4-6,8-9,11-15,17-18,20-24,26,29,32,36-38,40-41,43-57H2,1-3H3/b10-7-,19-16-,27-25-,31-30-,34-28-,35-33-,42-39-. The molecule has 1 atom stereocenters. The van der Waals surface area contributed by atoms with Crippen molar-refractivity contribution >= 4 is 17.9 Å². The van der Waals surface area contributed by atoms with Gasteiger partial charge in [-0.2, -0.15) is 0 Å². The smallest absolute Gasteiger partial charge is 0.306 e. The van der Waals surface area contributed by atoms with Gasteiger partial charge < -0.3 is 14.2 Å². The highest BCUT2D eigenvalue weighted by molar-refractivity contribution is 5.71. The van der Waals surface area contributed by atoms with E-state index < -0.39 is 6.10 Å². The van der Waals surface area contributed by atoms with Gasteiger partial charge in [-0.05, 0) is 96.3 Å². The van der Waals surface area contributed by atoms with Crippen LogP contribution in [0.25, 0.3) is 0 Å². The molecule has 6 nitrogen and oxygen atoms in total. The Labute approximate surface area is 414 Å². The van der Waals surface area contributed by atoms with E-state index in [0.717, 1.165) is 109 Å². The van der Waals surface area contributed by atoms with Crippen LogP contribution >= 0.6 is 0 Å². The van der Waals surface area contributed by atoms with Crippen LogP contribution in [0, 0.1) is 0 Å². The minimum absolute atomic E-state index is 0.0920. The largest absolute Gasteiger partial charge is 0.462 e. The molecular formula is C61H104O6. The van der Waals surface area contributed by atoms with Crippen LogP contribution in [0.5, 0.6) is 0 Å². The topological polar surface area (TPSA) is 78.9 Å². The van der Waals surface area contributed by atoms with Crippen molar-refractivity contribution in [2.24, 2.45) is 0 Å². The van der Waals surface area contributed by atoms with E-state index in [0.29, 0.717) is 19.3 Å². The molecule has 0 aliphatic heterocycles. The van der Waals surface area contributed by atoms with Crippen molar-refractivity contribution < 1.29 is 28.6 Å². The molecule has 0 aliphatic carbocycles. The lowest BCUT2D eigenvalue weighted by Crippen LogP contribution is -2.30. The second-order valence-corrected chi connectivity index (χ2v) is 18.5. The van der Waals surface area contributed by atoms with Crippen LogP contribution in [0.15, 0.2) is 85.1 Å². The number of esters is 3. The normalized spacial score (nSPS) is 12.7. The molecule has 0 aliphatic rings. The van der Waals surface area contributed by atoms with Crippen LogP contribution in [0.4, 0.5) is 0 Å². The van der Waals surface area contributed by atoms with E-state index in [9.17, 15) is 14.4 Å². The molecule has 384 valence electrons. The summed E-state index contributed by atoms with van der Waals surface area (Å²) in [5.41, 5.74) is 0. The summed E-state index contributed by atoms with van der Waals surface area (Å²) < 4.78 is 16.8. The first-order chi connectivity index (χ1) is 33.0. The molecule has 0 amide bonds. The second kappa shape index (κ2) is 55.2. The first-order valence-corrected chi connectivity index (χ1v) is 28.1. The molecule has 0 aromatic rings. The molecule has 67 heavy (non-hydrogen) atoms. The number of carbonyl (C=O) groups is 3. The number of hydrogen-bond donors (Lipinski definition) is 0. The number of carbonyl (C=O) groups excluding carboxylic acids is 3. The van der Waals surface area contributed by atoms with Crippen molar-refractivity contribution in [3.05, 3.63) is 85.1 Å². The SMILES string of the molecule is CC/C=C\C/C=C\C/C=C\C/C=C\C/C=C\C/C=C\CCCCC(=O)OCC(COC(=O)CCCCCCCCCCCCCC)OC(=O)CCCCCCC/C=C\CCCCCCCCC. The Morgan fingerprint density at radius 3 is 0.955 bits per heavy atom. The van der Waals surface area contributed by atoms with Gasteiger partial charge in [0, 0.05) is 19.3 Å². The summed E-state index contributed by atoms with van der Waals surface area (Å²) in [6.45, 7) is 6.49. The number of rotatable bonds is 50. The van der Waals surface area contributed by atoms with Gasteiger partial charge in [-0.1, -0.05) is 234 Å². The van der Waals surface area contributed by atoms with E-state index in [1.165, 1.54) is 116 Å². The van der Waals surface area contributed by atoms with Crippen LogP contribution in [0.1, 0.15) is 265 Å². The fourth-order valence-corrected chi connectivity index (χ4v) is 7.68. The average molecular weight is 933 g/mol. The number of unbranched alkanes of at least 4 members (excludes halogenated alkanes) is 25. The van der Waals surface area contributed by atoms with E-state index in [2.05, 4.69) is 106 Å². The summed E-state index contributed by atoms with van der Waals surface area (Å²) in [5, 5.41) is 0. The predicted octanol–water partition coefficient (Wildman–Crippen LogP) is 18.8. The van der Waals surface area contributed by atoms with Gasteiger partial charge in [0.2, 0.25) is 0 Å². The lowest BCUT2D eigenvalue weighted by Gasteiger charge is -2.18.